The maximum Gasteiger partial charge on any atom is 0.383 e. The zero-order chi connectivity index (χ0) is 14.5. The molecule has 0 aliphatic heterocycles. The van der Waals surface area contributed by atoms with Crippen molar-refractivity contribution in [1.29, 1.82) is 0 Å². The first kappa shape index (κ1) is 15.2. The molecule has 0 radical (unpaired) electrons. The quantitative estimate of drug-likeness (QED) is 0.768. The molecular weight excluding hydrogens is 252 g/mol. The summed E-state index contributed by atoms with van der Waals surface area (Å²) in [6.45, 7) is 6.81. The topological polar surface area (TPSA) is 55.1 Å². The summed E-state index contributed by atoms with van der Waals surface area (Å²) in [6, 6.07) is -0.979. The predicted molar refractivity (Wildman–Crippen MR) is 58.4 cm³/mol. The molecule has 1 aliphatic rings. The normalized spacial score (nSPS) is 29.9. The van der Waals surface area contributed by atoms with Crippen LogP contribution < -0.4 is 11.1 Å². The van der Waals surface area contributed by atoms with Crippen molar-refractivity contribution in [1.82, 2.24) is 5.32 Å². The van der Waals surface area contributed by atoms with E-state index in [4.69, 9.17) is 5.73 Å². The van der Waals surface area contributed by atoms with E-state index in [1.54, 1.807) is 27.7 Å². The van der Waals surface area contributed by atoms with Crippen molar-refractivity contribution in [3.05, 3.63) is 0 Å². The van der Waals surface area contributed by atoms with Gasteiger partial charge in [-0.05, 0) is 0 Å². The fraction of sp³-hybridized carbons (Fsp3) is 0.909. The highest BCUT2D eigenvalue weighted by molar-refractivity contribution is 5.84. The Balaban J connectivity index is 2.84. The maximum atomic E-state index is 12.9. The molecule has 0 bridgehead atoms. The van der Waals surface area contributed by atoms with E-state index in [0.29, 0.717) is 0 Å². The second kappa shape index (κ2) is 4.08. The van der Waals surface area contributed by atoms with Crippen LogP contribution in [0, 0.1) is 10.8 Å². The first-order valence-corrected chi connectivity index (χ1v) is 5.58. The first-order valence-electron chi connectivity index (χ1n) is 5.58. The molecule has 1 rings (SSSR count). The average molecular weight is 270 g/mol. The van der Waals surface area contributed by atoms with Crippen molar-refractivity contribution in [3.63, 3.8) is 0 Å². The van der Waals surface area contributed by atoms with Crippen LogP contribution in [0.1, 0.15) is 27.7 Å². The molecule has 0 aromatic rings. The maximum absolute atomic E-state index is 12.9. The highest BCUT2D eigenvalue weighted by atomic mass is 19.3. The lowest BCUT2D eigenvalue weighted by atomic mass is 9.48. The van der Waals surface area contributed by atoms with Gasteiger partial charge >= 0.3 is 12.3 Å². The minimum absolute atomic E-state index is 0.310. The smallest absolute Gasteiger partial charge is 0.347 e. The van der Waals surface area contributed by atoms with Crippen LogP contribution in [-0.2, 0) is 4.79 Å². The van der Waals surface area contributed by atoms with Crippen LogP contribution >= 0.6 is 0 Å². The van der Waals surface area contributed by atoms with Gasteiger partial charge < -0.3 is 11.1 Å². The molecule has 1 aliphatic carbocycles. The monoisotopic (exact) mass is 270 g/mol. The minimum atomic E-state index is -4.67. The molecule has 0 spiro atoms. The molecule has 106 valence electrons. The number of hydrogen-bond donors (Lipinski definition) is 2. The Hall–Kier alpha value is -0.850. The third-order valence-electron chi connectivity index (χ3n) is 3.94. The third-order valence-corrected chi connectivity index (χ3v) is 3.94. The molecule has 3 N–H and O–H groups in total. The number of alkyl halides is 4. The second-order valence-corrected chi connectivity index (χ2v) is 5.95. The van der Waals surface area contributed by atoms with E-state index < -0.39 is 35.1 Å². The number of halogens is 4. The van der Waals surface area contributed by atoms with Gasteiger partial charge in [-0.1, -0.05) is 27.7 Å². The third kappa shape index (κ3) is 1.98. The molecule has 0 heterocycles. The number of carbonyl (C=O) groups excluding carboxylic acids is 1. The van der Waals surface area contributed by atoms with Gasteiger partial charge in [0.1, 0.15) is 0 Å². The van der Waals surface area contributed by atoms with Crippen LogP contribution in [-0.4, -0.2) is 30.3 Å². The van der Waals surface area contributed by atoms with Crippen molar-refractivity contribution < 1.29 is 22.4 Å². The molecule has 18 heavy (non-hydrogen) atoms. The van der Waals surface area contributed by atoms with Gasteiger partial charge in [0.25, 0.3) is 5.91 Å². The summed E-state index contributed by atoms with van der Waals surface area (Å²) in [6.07, 6.45) is -4.02. The molecular formula is C11H18F4N2O. The van der Waals surface area contributed by atoms with Gasteiger partial charge in [0.2, 0.25) is 0 Å². The van der Waals surface area contributed by atoms with Gasteiger partial charge in [-0.3, -0.25) is 4.79 Å². The Kier molecular flexibility index (Phi) is 3.45. The molecule has 1 fully saturated rings. The van der Waals surface area contributed by atoms with Crippen molar-refractivity contribution in [2.75, 3.05) is 0 Å². The molecule has 0 aromatic heterocycles. The van der Waals surface area contributed by atoms with E-state index in [9.17, 15) is 22.4 Å². The number of nitrogens with one attached hydrogen (secondary N) is 1. The van der Waals surface area contributed by atoms with Crippen molar-refractivity contribution in [3.8, 4) is 0 Å². The molecule has 1 saturated carbocycles. The lowest BCUT2D eigenvalue weighted by Gasteiger charge is -2.63. The molecule has 0 aromatic carbocycles. The summed E-state index contributed by atoms with van der Waals surface area (Å²) in [4.78, 5) is 11.2. The van der Waals surface area contributed by atoms with Crippen LogP contribution in [0.25, 0.3) is 0 Å². The van der Waals surface area contributed by atoms with Crippen LogP contribution in [0.15, 0.2) is 0 Å². The van der Waals surface area contributed by atoms with Gasteiger partial charge in [-0.15, -0.1) is 0 Å². The molecule has 1 amide bonds. The largest absolute Gasteiger partial charge is 0.383 e. The lowest BCUT2D eigenvalue weighted by molar-refractivity contribution is -0.177. The van der Waals surface area contributed by atoms with Gasteiger partial charge in [0.15, 0.2) is 0 Å². The Bertz CT molecular complexity index is 339. The molecule has 0 unspecified atom stereocenters. The Morgan fingerprint density at radius 3 is 1.94 bits per heavy atom. The van der Waals surface area contributed by atoms with E-state index in [2.05, 4.69) is 0 Å². The van der Waals surface area contributed by atoms with Crippen molar-refractivity contribution in [2.24, 2.45) is 16.6 Å². The molecule has 0 saturated heterocycles. The van der Waals surface area contributed by atoms with Crippen LogP contribution in [0.4, 0.5) is 17.6 Å². The van der Waals surface area contributed by atoms with Crippen LogP contribution in [0.5, 0.6) is 0 Å². The summed E-state index contributed by atoms with van der Waals surface area (Å²) in [5.74, 6) is -6.62. The highest BCUT2D eigenvalue weighted by Gasteiger charge is 2.62. The zero-order valence-corrected chi connectivity index (χ0v) is 10.7. The fourth-order valence-corrected chi connectivity index (χ4v) is 2.88. The number of nitrogens with two attached hydrogens (primary N) is 1. The van der Waals surface area contributed by atoms with E-state index in [1.165, 1.54) is 0 Å². The molecule has 7 heteroatoms. The summed E-state index contributed by atoms with van der Waals surface area (Å²) in [7, 11) is 0. The lowest BCUT2D eigenvalue weighted by Crippen LogP contribution is -2.77. The first-order chi connectivity index (χ1) is 7.86. The predicted octanol–water partition coefficient (Wildman–Crippen LogP) is 1.76. The van der Waals surface area contributed by atoms with Gasteiger partial charge in [-0.25, -0.2) is 8.78 Å². The van der Waals surface area contributed by atoms with Crippen LogP contribution in [0.3, 0.4) is 0 Å². The van der Waals surface area contributed by atoms with Gasteiger partial charge in [0.05, 0.1) is 0 Å². The van der Waals surface area contributed by atoms with E-state index >= 15 is 0 Å². The number of hydrogen-bond acceptors (Lipinski definition) is 2. The van der Waals surface area contributed by atoms with Crippen molar-refractivity contribution in [2.45, 2.75) is 52.1 Å². The number of rotatable bonds is 3. The Labute approximate surface area is 103 Å². The van der Waals surface area contributed by atoms with Gasteiger partial charge in [-0.2, -0.15) is 8.78 Å². The molecule has 3 nitrogen and oxygen atoms in total. The molecule has 0 atom stereocenters. The second-order valence-electron chi connectivity index (χ2n) is 5.95. The SMILES string of the molecule is CC1(C)C(N)C(C)(C)C1NC(=O)C(F)(F)C(F)F. The Morgan fingerprint density at radius 1 is 1.22 bits per heavy atom. The van der Waals surface area contributed by atoms with E-state index in [0.717, 1.165) is 0 Å². The van der Waals surface area contributed by atoms with Crippen LogP contribution in [0.2, 0.25) is 0 Å². The standard InChI is InChI=1S/C11H18F4N2O/c1-9(2)5(16)10(3,4)6(9)17-8(18)11(14,15)7(12)13/h5-7H,16H2,1-4H3,(H,17,18). The highest BCUT2D eigenvalue weighted by Crippen LogP contribution is 2.52. The summed E-state index contributed by atoms with van der Waals surface area (Å²) in [5.41, 5.74) is 4.65. The van der Waals surface area contributed by atoms with E-state index in [1.807, 2.05) is 5.32 Å². The number of carbonyl (C=O) groups is 1. The average Bonchev–Trinajstić information content (AvgIpc) is 2.23. The van der Waals surface area contributed by atoms with Crippen molar-refractivity contribution >= 4 is 5.91 Å². The number of amides is 1. The summed E-state index contributed by atoms with van der Waals surface area (Å²) in [5, 5.41) is 2.00. The Morgan fingerprint density at radius 2 is 1.61 bits per heavy atom. The van der Waals surface area contributed by atoms with E-state index in [-0.39, 0.29) is 6.04 Å². The van der Waals surface area contributed by atoms with Gasteiger partial charge in [0, 0.05) is 22.9 Å². The fourth-order valence-electron chi connectivity index (χ4n) is 2.88. The minimum Gasteiger partial charge on any atom is -0.347 e. The zero-order valence-electron chi connectivity index (χ0n) is 10.7. The summed E-state index contributed by atoms with van der Waals surface area (Å²) >= 11 is 0. The summed E-state index contributed by atoms with van der Waals surface area (Å²) < 4.78 is 49.9.